The van der Waals surface area contributed by atoms with E-state index in [1.165, 1.54) is 30.1 Å². The number of furan rings is 1. The highest BCUT2D eigenvalue weighted by Crippen LogP contribution is 2.38. The maximum atomic E-state index is 14.0. The lowest BCUT2D eigenvalue weighted by Crippen LogP contribution is -2.40. The Morgan fingerprint density at radius 3 is 2.51 bits per heavy atom. The molecule has 0 aliphatic carbocycles. The van der Waals surface area contributed by atoms with E-state index in [0.29, 0.717) is 54.9 Å². The van der Waals surface area contributed by atoms with Crippen LogP contribution in [0.15, 0.2) is 80.1 Å². The van der Waals surface area contributed by atoms with Gasteiger partial charge in [0.2, 0.25) is 0 Å². The molecular formula is C32H29ClN2O7S. The molecule has 0 amide bonds. The number of benzene rings is 2. The Morgan fingerprint density at radius 1 is 1.07 bits per heavy atom. The molecule has 5 rings (SSSR count). The standard InChI is InChI=1S/C32H29ClN2O7S/c1-5-7-23-27(31(38)41-6-2)28(22-16-20(33)12-14-25(22)39-3)35-29(36)26(43-32(35)34-23)17-21-13-15-24(42-21)18-8-10-19(11-9-18)30(37)40-4/h8-17,28H,5-7H2,1-4H3/b26-17+/t28-/m0/s1. The first-order valence-corrected chi connectivity index (χ1v) is 14.8. The number of hydrogen-bond acceptors (Lipinski definition) is 9. The zero-order chi connectivity index (χ0) is 30.7. The summed E-state index contributed by atoms with van der Waals surface area (Å²) in [6.45, 7) is 3.89. The Balaban J connectivity index is 1.65. The van der Waals surface area contributed by atoms with Crippen LogP contribution in [0.4, 0.5) is 0 Å². The number of thiazole rings is 1. The molecule has 0 saturated heterocycles. The average Bonchev–Trinajstić information content (AvgIpc) is 3.60. The highest BCUT2D eigenvalue weighted by atomic mass is 35.5. The first-order valence-electron chi connectivity index (χ1n) is 13.6. The van der Waals surface area contributed by atoms with E-state index in [-0.39, 0.29) is 17.7 Å². The van der Waals surface area contributed by atoms with Crippen molar-refractivity contribution in [3.05, 3.63) is 107 Å². The van der Waals surface area contributed by atoms with Crippen LogP contribution in [0.3, 0.4) is 0 Å². The van der Waals surface area contributed by atoms with Gasteiger partial charge in [0.15, 0.2) is 4.80 Å². The van der Waals surface area contributed by atoms with E-state index in [0.717, 1.165) is 12.0 Å². The lowest BCUT2D eigenvalue weighted by Gasteiger charge is -2.27. The minimum Gasteiger partial charge on any atom is -0.496 e. The molecule has 43 heavy (non-hydrogen) atoms. The monoisotopic (exact) mass is 620 g/mol. The largest absolute Gasteiger partial charge is 0.496 e. The lowest BCUT2D eigenvalue weighted by atomic mass is 9.93. The van der Waals surface area contributed by atoms with E-state index in [2.05, 4.69) is 0 Å². The summed E-state index contributed by atoms with van der Waals surface area (Å²) in [5, 5.41) is 0.429. The number of ether oxygens (including phenoxy) is 3. The van der Waals surface area contributed by atoms with Gasteiger partial charge < -0.3 is 18.6 Å². The van der Waals surface area contributed by atoms with Crippen molar-refractivity contribution < 1.29 is 28.2 Å². The van der Waals surface area contributed by atoms with Gasteiger partial charge in [-0.1, -0.05) is 48.4 Å². The molecule has 2 aromatic heterocycles. The number of nitrogens with zero attached hydrogens (tertiary/aromatic N) is 2. The molecule has 9 nitrogen and oxygen atoms in total. The van der Waals surface area contributed by atoms with E-state index in [9.17, 15) is 14.4 Å². The smallest absolute Gasteiger partial charge is 0.338 e. The zero-order valence-electron chi connectivity index (χ0n) is 24.0. The Hall–Kier alpha value is -4.41. The zero-order valence-corrected chi connectivity index (χ0v) is 25.6. The minimum absolute atomic E-state index is 0.164. The van der Waals surface area contributed by atoms with Crippen LogP contribution in [0.1, 0.15) is 54.4 Å². The summed E-state index contributed by atoms with van der Waals surface area (Å²) in [6, 6.07) is 14.6. The SMILES string of the molecule is CCCC1=C(C(=O)OCC)[C@H](c2cc(Cl)ccc2OC)n2c(s/c(=C/c3ccc(-c4ccc(C(=O)OC)cc4)o3)c2=O)=N1. The van der Waals surface area contributed by atoms with Gasteiger partial charge in [-0.2, -0.15) is 0 Å². The van der Waals surface area contributed by atoms with E-state index < -0.39 is 18.0 Å². The fourth-order valence-electron chi connectivity index (χ4n) is 4.94. The average molecular weight is 621 g/mol. The quantitative estimate of drug-likeness (QED) is 0.234. The molecule has 1 atom stereocenters. The van der Waals surface area contributed by atoms with Crippen molar-refractivity contribution in [3.63, 3.8) is 0 Å². The Bertz CT molecular complexity index is 1900. The number of esters is 2. The second-order valence-corrected chi connectivity index (χ2v) is 11.0. The topological polar surface area (TPSA) is 109 Å². The second kappa shape index (κ2) is 12.8. The third kappa shape index (κ3) is 5.93. The van der Waals surface area contributed by atoms with Gasteiger partial charge in [0, 0.05) is 22.2 Å². The van der Waals surface area contributed by atoms with Crippen LogP contribution in [0.5, 0.6) is 5.75 Å². The van der Waals surface area contributed by atoms with Crippen molar-refractivity contribution >= 4 is 41.0 Å². The summed E-state index contributed by atoms with van der Waals surface area (Å²) >= 11 is 7.60. The molecule has 4 aromatic rings. The predicted molar refractivity (Wildman–Crippen MR) is 163 cm³/mol. The van der Waals surface area contributed by atoms with E-state index >= 15 is 0 Å². The van der Waals surface area contributed by atoms with Crippen molar-refractivity contribution in [1.82, 2.24) is 4.57 Å². The van der Waals surface area contributed by atoms with E-state index in [1.54, 1.807) is 67.6 Å². The molecule has 1 aliphatic rings. The van der Waals surface area contributed by atoms with Crippen LogP contribution < -0.4 is 19.6 Å². The number of rotatable bonds is 9. The van der Waals surface area contributed by atoms with Crippen LogP contribution in [-0.4, -0.2) is 37.3 Å². The third-order valence-corrected chi connectivity index (χ3v) is 8.09. The van der Waals surface area contributed by atoms with Crippen LogP contribution in [0.2, 0.25) is 5.02 Å². The fraction of sp³-hybridized carbons (Fsp3) is 0.250. The number of carbonyl (C=O) groups is 2. The first-order chi connectivity index (χ1) is 20.8. The van der Waals surface area contributed by atoms with Gasteiger partial charge in [-0.25, -0.2) is 14.6 Å². The number of carbonyl (C=O) groups excluding carboxylic acids is 2. The molecule has 2 aromatic carbocycles. The van der Waals surface area contributed by atoms with E-state index in [4.69, 9.17) is 35.2 Å². The van der Waals surface area contributed by atoms with Gasteiger partial charge in [-0.05, 0) is 55.8 Å². The lowest BCUT2D eigenvalue weighted by molar-refractivity contribution is -0.139. The van der Waals surface area contributed by atoms with Crippen LogP contribution in [0, 0.1) is 0 Å². The molecule has 0 bridgehead atoms. The molecule has 0 N–H and O–H groups in total. The number of halogens is 1. The summed E-state index contributed by atoms with van der Waals surface area (Å²) < 4.78 is 23.7. The molecule has 222 valence electrons. The van der Waals surface area contributed by atoms with Gasteiger partial charge in [0.25, 0.3) is 5.56 Å². The van der Waals surface area contributed by atoms with Crippen LogP contribution in [0.25, 0.3) is 17.4 Å². The van der Waals surface area contributed by atoms with E-state index in [1.807, 2.05) is 6.92 Å². The van der Waals surface area contributed by atoms with Crippen molar-refractivity contribution in [2.45, 2.75) is 32.7 Å². The van der Waals surface area contributed by atoms with Gasteiger partial charge in [-0.3, -0.25) is 9.36 Å². The van der Waals surface area contributed by atoms with Gasteiger partial charge in [0.05, 0.1) is 42.2 Å². The summed E-state index contributed by atoms with van der Waals surface area (Å²) in [5.74, 6) is 0.505. The number of aromatic nitrogens is 1. The van der Waals surface area contributed by atoms with Crippen molar-refractivity contribution in [2.24, 2.45) is 4.99 Å². The molecule has 11 heteroatoms. The molecule has 3 heterocycles. The molecule has 0 unspecified atom stereocenters. The maximum absolute atomic E-state index is 14.0. The fourth-order valence-corrected chi connectivity index (χ4v) is 6.12. The van der Waals surface area contributed by atoms with Crippen molar-refractivity contribution in [1.29, 1.82) is 0 Å². The van der Waals surface area contributed by atoms with Gasteiger partial charge >= 0.3 is 11.9 Å². The highest BCUT2D eigenvalue weighted by Gasteiger charge is 2.36. The summed E-state index contributed by atoms with van der Waals surface area (Å²) in [5.41, 5.74) is 2.20. The second-order valence-electron chi connectivity index (χ2n) is 9.57. The van der Waals surface area contributed by atoms with Gasteiger partial charge in [0.1, 0.15) is 23.3 Å². The Kier molecular flexibility index (Phi) is 8.98. The number of methoxy groups -OCH3 is 2. The summed E-state index contributed by atoms with van der Waals surface area (Å²) in [4.78, 5) is 44.4. The molecule has 0 saturated carbocycles. The molecular weight excluding hydrogens is 592 g/mol. The predicted octanol–water partition coefficient (Wildman–Crippen LogP) is 5.29. The summed E-state index contributed by atoms with van der Waals surface area (Å²) in [6.07, 6.45) is 2.89. The third-order valence-electron chi connectivity index (χ3n) is 6.87. The number of hydrogen-bond donors (Lipinski definition) is 0. The van der Waals surface area contributed by atoms with Crippen molar-refractivity contribution in [2.75, 3.05) is 20.8 Å². The molecule has 0 spiro atoms. The van der Waals surface area contributed by atoms with Crippen LogP contribution >= 0.6 is 22.9 Å². The Labute approximate surface area is 256 Å². The Morgan fingerprint density at radius 2 is 1.84 bits per heavy atom. The number of allylic oxidation sites excluding steroid dienone is 1. The normalized spacial score (nSPS) is 14.7. The number of fused-ring (bicyclic) bond motifs is 1. The summed E-state index contributed by atoms with van der Waals surface area (Å²) in [7, 11) is 2.85. The van der Waals surface area contributed by atoms with Gasteiger partial charge in [-0.15, -0.1) is 0 Å². The van der Waals surface area contributed by atoms with Crippen molar-refractivity contribution in [3.8, 4) is 17.1 Å². The first kappa shape index (κ1) is 30.1. The molecule has 1 aliphatic heterocycles. The molecule has 0 radical (unpaired) electrons. The minimum atomic E-state index is -0.867. The highest BCUT2D eigenvalue weighted by molar-refractivity contribution is 7.07. The molecule has 0 fully saturated rings. The van der Waals surface area contributed by atoms with Crippen LogP contribution in [-0.2, 0) is 14.3 Å². The maximum Gasteiger partial charge on any atom is 0.338 e.